The largest absolute Gasteiger partial charge is 0.352 e. The quantitative estimate of drug-likeness (QED) is 0.916. The Kier molecular flexibility index (Phi) is 5.55. The monoisotopic (exact) mass is 303 g/mol. The SMILES string of the molecule is CC(C)CNC(=O)c1ccc(C(=O)N2CCN(C)CC2)cc1. The second-order valence-electron chi connectivity index (χ2n) is 6.28. The van der Waals surface area contributed by atoms with Gasteiger partial charge in [0.25, 0.3) is 11.8 Å². The van der Waals surface area contributed by atoms with Gasteiger partial charge in [-0.05, 0) is 37.2 Å². The second kappa shape index (κ2) is 7.40. The van der Waals surface area contributed by atoms with Gasteiger partial charge in [0.1, 0.15) is 0 Å². The summed E-state index contributed by atoms with van der Waals surface area (Å²) < 4.78 is 0. The van der Waals surface area contributed by atoms with E-state index in [1.807, 2.05) is 4.90 Å². The van der Waals surface area contributed by atoms with Crippen molar-refractivity contribution in [3.05, 3.63) is 35.4 Å². The summed E-state index contributed by atoms with van der Waals surface area (Å²) in [6, 6.07) is 6.92. The Morgan fingerprint density at radius 1 is 1.05 bits per heavy atom. The molecule has 0 radical (unpaired) electrons. The lowest BCUT2D eigenvalue weighted by atomic mass is 10.1. The first-order chi connectivity index (χ1) is 10.5. The molecule has 120 valence electrons. The van der Waals surface area contributed by atoms with Gasteiger partial charge in [-0.15, -0.1) is 0 Å². The number of carbonyl (C=O) groups is 2. The van der Waals surface area contributed by atoms with E-state index in [1.165, 1.54) is 0 Å². The van der Waals surface area contributed by atoms with E-state index in [-0.39, 0.29) is 11.8 Å². The van der Waals surface area contributed by atoms with E-state index >= 15 is 0 Å². The zero-order valence-electron chi connectivity index (χ0n) is 13.6. The van der Waals surface area contributed by atoms with Crippen LogP contribution in [-0.2, 0) is 0 Å². The maximum atomic E-state index is 12.4. The van der Waals surface area contributed by atoms with Crippen molar-refractivity contribution in [2.24, 2.45) is 5.92 Å². The van der Waals surface area contributed by atoms with E-state index in [0.29, 0.717) is 23.6 Å². The van der Waals surface area contributed by atoms with Crippen LogP contribution in [0.2, 0.25) is 0 Å². The molecule has 1 N–H and O–H groups in total. The molecule has 0 unspecified atom stereocenters. The summed E-state index contributed by atoms with van der Waals surface area (Å²) >= 11 is 0. The topological polar surface area (TPSA) is 52.7 Å². The zero-order valence-corrected chi connectivity index (χ0v) is 13.6. The third-order valence-corrected chi connectivity index (χ3v) is 3.86. The van der Waals surface area contributed by atoms with Crippen molar-refractivity contribution in [3.63, 3.8) is 0 Å². The van der Waals surface area contributed by atoms with Crippen molar-refractivity contribution < 1.29 is 9.59 Å². The molecule has 22 heavy (non-hydrogen) atoms. The summed E-state index contributed by atoms with van der Waals surface area (Å²) in [6.07, 6.45) is 0. The fourth-order valence-corrected chi connectivity index (χ4v) is 2.36. The van der Waals surface area contributed by atoms with Crippen LogP contribution in [-0.4, -0.2) is 61.4 Å². The van der Waals surface area contributed by atoms with Gasteiger partial charge in [-0.1, -0.05) is 13.8 Å². The van der Waals surface area contributed by atoms with Crippen molar-refractivity contribution in [1.82, 2.24) is 15.1 Å². The summed E-state index contributed by atoms with van der Waals surface area (Å²) in [4.78, 5) is 28.4. The molecule has 1 aromatic rings. The van der Waals surface area contributed by atoms with Crippen LogP contribution in [0, 0.1) is 5.92 Å². The lowest BCUT2D eigenvalue weighted by Crippen LogP contribution is -2.47. The predicted octanol–water partition coefficient (Wildman–Crippen LogP) is 1.46. The van der Waals surface area contributed by atoms with Gasteiger partial charge in [0, 0.05) is 43.9 Å². The normalized spacial score (nSPS) is 15.9. The van der Waals surface area contributed by atoms with Crippen molar-refractivity contribution in [2.45, 2.75) is 13.8 Å². The number of piperazine rings is 1. The molecule has 2 rings (SSSR count). The molecule has 1 saturated heterocycles. The Hall–Kier alpha value is -1.88. The number of likely N-dealkylation sites (N-methyl/N-ethyl adjacent to an activating group) is 1. The molecule has 5 nitrogen and oxygen atoms in total. The van der Waals surface area contributed by atoms with Crippen molar-refractivity contribution in [2.75, 3.05) is 39.8 Å². The third kappa shape index (κ3) is 4.31. The Morgan fingerprint density at radius 2 is 1.59 bits per heavy atom. The number of carbonyl (C=O) groups excluding carboxylic acids is 2. The molecule has 1 aliphatic heterocycles. The van der Waals surface area contributed by atoms with Crippen LogP contribution in [0.1, 0.15) is 34.6 Å². The van der Waals surface area contributed by atoms with Gasteiger partial charge in [-0.2, -0.15) is 0 Å². The minimum Gasteiger partial charge on any atom is -0.352 e. The number of hydrogen-bond acceptors (Lipinski definition) is 3. The first-order valence-corrected chi connectivity index (χ1v) is 7.83. The van der Waals surface area contributed by atoms with Crippen LogP contribution in [0.4, 0.5) is 0 Å². The minimum absolute atomic E-state index is 0.0437. The van der Waals surface area contributed by atoms with Crippen LogP contribution in [0.3, 0.4) is 0 Å². The van der Waals surface area contributed by atoms with Gasteiger partial charge < -0.3 is 15.1 Å². The number of amides is 2. The molecule has 1 aliphatic rings. The Bertz CT molecular complexity index is 517. The molecule has 5 heteroatoms. The Labute approximate surface area is 132 Å². The van der Waals surface area contributed by atoms with Crippen molar-refractivity contribution >= 4 is 11.8 Å². The first kappa shape index (κ1) is 16.5. The lowest BCUT2D eigenvalue weighted by molar-refractivity contribution is 0.0663. The fourth-order valence-electron chi connectivity index (χ4n) is 2.36. The standard InChI is InChI=1S/C17H25N3O2/c1-13(2)12-18-16(21)14-4-6-15(7-5-14)17(22)20-10-8-19(3)9-11-20/h4-7,13H,8-12H2,1-3H3,(H,18,21). The Morgan fingerprint density at radius 3 is 2.14 bits per heavy atom. The minimum atomic E-state index is -0.0905. The lowest BCUT2D eigenvalue weighted by Gasteiger charge is -2.32. The van der Waals surface area contributed by atoms with Crippen LogP contribution < -0.4 is 5.32 Å². The van der Waals surface area contributed by atoms with Crippen LogP contribution in [0.25, 0.3) is 0 Å². The molecular weight excluding hydrogens is 278 g/mol. The fraction of sp³-hybridized carbons (Fsp3) is 0.529. The maximum Gasteiger partial charge on any atom is 0.253 e. The molecular formula is C17H25N3O2. The van der Waals surface area contributed by atoms with E-state index in [4.69, 9.17) is 0 Å². The smallest absolute Gasteiger partial charge is 0.253 e. The van der Waals surface area contributed by atoms with E-state index in [2.05, 4.69) is 31.1 Å². The van der Waals surface area contributed by atoms with Gasteiger partial charge >= 0.3 is 0 Å². The summed E-state index contributed by atoms with van der Waals surface area (Å²) in [5, 5.41) is 2.88. The molecule has 0 bridgehead atoms. The van der Waals surface area contributed by atoms with E-state index in [1.54, 1.807) is 24.3 Å². The van der Waals surface area contributed by atoms with E-state index < -0.39 is 0 Å². The summed E-state index contributed by atoms with van der Waals surface area (Å²) in [6.45, 7) is 8.08. The van der Waals surface area contributed by atoms with Gasteiger partial charge in [0.05, 0.1) is 0 Å². The number of nitrogens with one attached hydrogen (secondary N) is 1. The summed E-state index contributed by atoms with van der Waals surface area (Å²) in [5.41, 5.74) is 1.24. The molecule has 0 atom stereocenters. The summed E-state index contributed by atoms with van der Waals surface area (Å²) in [7, 11) is 2.06. The molecule has 1 heterocycles. The second-order valence-corrected chi connectivity index (χ2v) is 6.28. The molecule has 0 aromatic heterocycles. The predicted molar refractivity (Wildman–Crippen MR) is 87.0 cm³/mol. The molecule has 0 saturated carbocycles. The number of nitrogens with zero attached hydrogens (tertiary/aromatic N) is 2. The molecule has 2 amide bonds. The van der Waals surface area contributed by atoms with Crippen LogP contribution in [0.15, 0.2) is 24.3 Å². The number of hydrogen-bond donors (Lipinski definition) is 1. The highest BCUT2D eigenvalue weighted by Gasteiger charge is 2.20. The van der Waals surface area contributed by atoms with Crippen LogP contribution >= 0.6 is 0 Å². The van der Waals surface area contributed by atoms with E-state index in [0.717, 1.165) is 26.2 Å². The maximum absolute atomic E-state index is 12.4. The van der Waals surface area contributed by atoms with Gasteiger partial charge in [0.2, 0.25) is 0 Å². The zero-order chi connectivity index (χ0) is 16.1. The average Bonchev–Trinajstić information content (AvgIpc) is 2.53. The summed E-state index contributed by atoms with van der Waals surface area (Å²) in [5.74, 6) is 0.372. The molecule has 1 fully saturated rings. The average molecular weight is 303 g/mol. The number of rotatable bonds is 4. The van der Waals surface area contributed by atoms with Gasteiger partial charge in [-0.3, -0.25) is 9.59 Å². The first-order valence-electron chi connectivity index (χ1n) is 7.83. The molecule has 0 spiro atoms. The van der Waals surface area contributed by atoms with Crippen LogP contribution in [0.5, 0.6) is 0 Å². The highest BCUT2D eigenvalue weighted by atomic mass is 16.2. The van der Waals surface area contributed by atoms with Gasteiger partial charge in [-0.25, -0.2) is 0 Å². The molecule has 0 aliphatic carbocycles. The highest BCUT2D eigenvalue weighted by molar-refractivity contribution is 5.97. The van der Waals surface area contributed by atoms with Gasteiger partial charge in [0.15, 0.2) is 0 Å². The van der Waals surface area contributed by atoms with Crippen molar-refractivity contribution in [3.8, 4) is 0 Å². The van der Waals surface area contributed by atoms with Crippen molar-refractivity contribution in [1.29, 1.82) is 0 Å². The molecule has 1 aromatic carbocycles. The number of benzene rings is 1. The Balaban J connectivity index is 1.96. The highest BCUT2D eigenvalue weighted by Crippen LogP contribution is 2.10. The third-order valence-electron chi connectivity index (χ3n) is 3.86. The van der Waals surface area contributed by atoms with E-state index in [9.17, 15) is 9.59 Å².